The van der Waals surface area contributed by atoms with Gasteiger partial charge in [0, 0.05) is 12.4 Å². The van der Waals surface area contributed by atoms with Gasteiger partial charge in [-0.05, 0) is 37.6 Å². The largest absolute Gasteiger partial charge is 0.492 e. The lowest BCUT2D eigenvalue weighted by atomic mass is 10.1. The number of benzene rings is 2. The van der Waals surface area contributed by atoms with Crippen molar-refractivity contribution in [1.82, 2.24) is 10.3 Å². The predicted molar refractivity (Wildman–Crippen MR) is 112 cm³/mol. The monoisotopic (exact) mass is 389 g/mol. The van der Waals surface area contributed by atoms with Crippen LogP contribution in [0.2, 0.25) is 0 Å². The average molecular weight is 389 g/mol. The number of amides is 2. The Hall–Kier alpha value is -3.67. The third-order valence-corrected chi connectivity index (χ3v) is 4.34. The van der Waals surface area contributed by atoms with Gasteiger partial charge in [-0.2, -0.15) is 0 Å². The number of nitrogens with zero attached hydrogens (tertiary/aromatic N) is 1. The molecule has 0 aliphatic rings. The van der Waals surface area contributed by atoms with Gasteiger partial charge in [0.1, 0.15) is 5.75 Å². The zero-order valence-corrected chi connectivity index (χ0v) is 16.4. The summed E-state index contributed by atoms with van der Waals surface area (Å²) >= 11 is 0. The lowest BCUT2D eigenvalue weighted by Gasteiger charge is -2.14. The minimum atomic E-state index is -0.365. The molecule has 0 fully saturated rings. The molecule has 0 saturated carbocycles. The highest BCUT2D eigenvalue weighted by atomic mass is 16.5. The quantitative estimate of drug-likeness (QED) is 0.634. The van der Waals surface area contributed by atoms with Crippen molar-refractivity contribution >= 4 is 17.5 Å². The number of hydrogen-bond acceptors (Lipinski definition) is 4. The van der Waals surface area contributed by atoms with Crippen molar-refractivity contribution in [2.24, 2.45) is 0 Å². The number of para-hydroxylation sites is 2. The highest BCUT2D eigenvalue weighted by Crippen LogP contribution is 2.24. The van der Waals surface area contributed by atoms with Crippen molar-refractivity contribution in [3.63, 3.8) is 0 Å². The molecule has 3 rings (SSSR count). The minimum absolute atomic E-state index is 0.167. The Morgan fingerprint density at radius 2 is 1.62 bits per heavy atom. The Bertz CT molecular complexity index is 989. The average Bonchev–Trinajstić information content (AvgIpc) is 2.76. The molecule has 2 N–H and O–H groups in total. The molecule has 0 saturated heterocycles. The molecule has 1 aromatic heterocycles. The van der Waals surface area contributed by atoms with E-state index in [1.54, 1.807) is 12.1 Å². The summed E-state index contributed by atoms with van der Waals surface area (Å²) in [7, 11) is 0. The van der Waals surface area contributed by atoms with Crippen molar-refractivity contribution < 1.29 is 14.3 Å². The van der Waals surface area contributed by atoms with E-state index in [1.165, 1.54) is 18.5 Å². The number of aromatic nitrogens is 1. The number of carbonyl (C=O) groups is 2. The van der Waals surface area contributed by atoms with Crippen molar-refractivity contribution in [2.75, 3.05) is 11.9 Å². The van der Waals surface area contributed by atoms with Crippen molar-refractivity contribution in [3.05, 3.63) is 89.7 Å². The molecule has 0 bridgehead atoms. The van der Waals surface area contributed by atoms with Crippen LogP contribution in [0.1, 0.15) is 46.2 Å². The van der Waals surface area contributed by atoms with E-state index in [0.717, 1.165) is 5.56 Å². The van der Waals surface area contributed by atoms with Crippen LogP contribution in [0.3, 0.4) is 0 Å². The van der Waals surface area contributed by atoms with Gasteiger partial charge in [-0.1, -0.05) is 42.5 Å². The molecule has 2 aromatic carbocycles. The van der Waals surface area contributed by atoms with Crippen LogP contribution in [-0.4, -0.2) is 23.4 Å². The summed E-state index contributed by atoms with van der Waals surface area (Å²) in [6.45, 7) is 4.27. The summed E-state index contributed by atoms with van der Waals surface area (Å²) in [4.78, 5) is 29.3. The van der Waals surface area contributed by atoms with Gasteiger partial charge in [-0.15, -0.1) is 0 Å². The summed E-state index contributed by atoms with van der Waals surface area (Å²) in [6, 6.07) is 18.2. The molecule has 2 amide bonds. The first-order chi connectivity index (χ1) is 14.1. The normalized spacial score (nSPS) is 11.4. The molecular formula is C23H23N3O3. The highest BCUT2D eigenvalue weighted by Gasteiger charge is 2.15. The first-order valence-corrected chi connectivity index (χ1v) is 9.42. The van der Waals surface area contributed by atoms with Gasteiger partial charge in [-0.3, -0.25) is 14.6 Å². The van der Waals surface area contributed by atoms with Crippen LogP contribution in [-0.2, 0) is 0 Å². The number of pyridine rings is 1. The van der Waals surface area contributed by atoms with E-state index in [-0.39, 0.29) is 23.4 Å². The summed E-state index contributed by atoms with van der Waals surface area (Å²) < 4.78 is 5.53. The topological polar surface area (TPSA) is 80.3 Å². The maximum Gasteiger partial charge on any atom is 0.257 e. The zero-order chi connectivity index (χ0) is 20.6. The molecule has 0 radical (unpaired) electrons. The van der Waals surface area contributed by atoms with Crippen LogP contribution in [0.4, 0.5) is 5.69 Å². The third-order valence-electron chi connectivity index (χ3n) is 4.34. The molecule has 0 spiro atoms. The molecule has 6 heteroatoms. The highest BCUT2D eigenvalue weighted by molar-refractivity contribution is 6.06. The molecule has 0 aliphatic carbocycles. The Morgan fingerprint density at radius 1 is 0.966 bits per heavy atom. The second-order valence-electron chi connectivity index (χ2n) is 6.45. The van der Waals surface area contributed by atoms with Crippen molar-refractivity contribution in [3.8, 4) is 5.75 Å². The third kappa shape index (κ3) is 5.19. The molecule has 3 aromatic rings. The van der Waals surface area contributed by atoms with E-state index in [4.69, 9.17) is 4.74 Å². The number of hydrogen-bond donors (Lipinski definition) is 2. The lowest BCUT2D eigenvalue weighted by molar-refractivity contribution is 0.0939. The van der Waals surface area contributed by atoms with Crippen LogP contribution in [0.25, 0.3) is 0 Å². The molecule has 6 nitrogen and oxygen atoms in total. The summed E-state index contributed by atoms with van der Waals surface area (Å²) in [5, 5.41) is 5.73. The molecular weight excluding hydrogens is 366 g/mol. The second kappa shape index (κ2) is 9.50. The molecule has 1 unspecified atom stereocenters. The summed E-state index contributed by atoms with van der Waals surface area (Å²) in [5.74, 6) is -0.0736. The van der Waals surface area contributed by atoms with Gasteiger partial charge in [0.2, 0.25) is 0 Å². The van der Waals surface area contributed by atoms with Crippen molar-refractivity contribution in [1.29, 1.82) is 0 Å². The minimum Gasteiger partial charge on any atom is -0.492 e. The summed E-state index contributed by atoms with van der Waals surface area (Å²) in [6.07, 6.45) is 2.87. The number of anilines is 1. The Balaban J connectivity index is 1.72. The van der Waals surface area contributed by atoms with E-state index < -0.39 is 0 Å². The van der Waals surface area contributed by atoms with Gasteiger partial charge in [0.25, 0.3) is 11.8 Å². The van der Waals surface area contributed by atoms with Gasteiger partial charge in [0.05, 0.1) is 29.5 Å². The van der Waals surface area contributed by atoms with Crippen LogP contribution < -0.4 is 15.4 Å². The maximum atomic E-state index is 12.7. The number of nitrogens with one attached hydrogen (secondary N) is 2. The SMILES string of the molecule is CCOc1ccccc1NC(=O)c1cncc(C(=O)NC(C)c2ccccc2)c1. The number of rotatable bonds is 7. The van der Waals surface area contributed by atoms with E-state index in [1.807, 2.05) is 56.3 Å². The zero-order valence-electron chi connectivity index (χ0n) is 16.4. The van der Waals surface area contributed by atoms with E-state index >= 15 is 0 Å². The Labute approximate surface area is 169 Å². The fraction of sp³-hybridized carbons (Fsp3) is 0.174. The molecule has 29 heavy (non-hydrogen) atoms. The van der Waals surface area contributed by atoms with Crippen LogP contribution in [0.5, 0.6) is 5.75 Å². The number of carbonyl (C=O) groups excluding carboxylic acids is 2. The Kier molecular flexibility index (Phi) is 6.58. The van der Waals surface area contributed by atoms with Gasteiger partial charge in [-0.25, -0.2) is 0 Å². The maximum absolute atomic E-state index is 12.7. The fourth-order valence-electron chi connectivity index (χ4n) is 2.84. The first-order valence-electron chi connectivity index (χ1n) is 9.42. The molecule has 0 aliphatic heterocycles. The van der Waals surface area contributed by atoms with Gasteiger partial charge < -0.3 is 15.4 Å². The molecule has 148 valence electrons. The standard InChI is InChI=1S/C23H23N3O3/c1-3-29-21-12-8-7-11-20(21)26-23(28)19-13-18(14-24-15-19)22(27)25-16(2)17-9-5-4-6-10-17/h4-16H,3H2,1-2H3,(H,25,27)(H,26,28). The molecule has 1 heterocycles. The van der Waals surface area contributed by atoms with E-state index in [0.29, 0.717) is 23.6 Å². The lowest BCUT2D eigenvalue weighted by Crippen LogP contribution is -2.27. The van der Waals surface area contributed by atoms with Crippen LogP contribution >= 0.6 is 0 Å². The van der Waals surface area contributed by atoms with E-state index in [2.05, 4.69) is 15.6 Å². The Morgan fingerprint density at radius 3 is 2.34 bits per heavy atom. The predicted octanol–water partition coefficient (Wildman–Crippen LogP) is 4.22. The molecule has 1 atom stereocenters. The van der Waals surface area contributed by atoms with Gasteiger partial charge in [0.15, 0.2) is 0 Å². The smallest absolute Gasteiger partial charge is 0.257 e. The fourth-order valence-corrected chi connectivity index (χ4v) is 2.84. The van der Waals surface area contributed by atoms with Crippen LogP contribution in [0, 0.1) is 0 Å². The first kappa shape index (κ1) is 20.1. The second-order valence-corrected chi connectivity index (χ2v) is 6.45. The van der Waals surface area contributed by atoms with Gasteiger partial charge >= 0.3 is 0 Å². The number of ether oxygens (including phenoxy) is 1. The van der Waals surface area contributed by atoms with E-state index in [9.17, 15) is 9.59 Å². The van der Waals surface area contributed by atoms with Crippen LogP contribution in [0.15, 0.2) is 73.1 Å². The van der Waals surface area contributed by atoms with Crippen molar-refractivity contribution in [2.45, 2.75) is 19.9 Å². The summed E-state index contributed by atoms with van der Waals surface area (Å²) in [5.41, 5.74) is 2.16.